The van der Waals surface area contributed by atoms with Crippen molar-refractivity contribution in [2.45, 2.75) is 38.3 Å². The third-order valence-corrected chi connectivity index (χ3v) is 3.71. The zero-order chi connectivity index (χ0) is 14.2. The molecule has 110 valence electrons. The quantitative estimate of drug-likeness (QED) is 0.611. The second-order valence-corrected chi connectivity index (χ2v) is 5.22. The molecule has 0 spiro atoms. The standard InChI is InChI=1S/C16H23NO3/c18-12-5-4-10-17-11-6-9-15(17)16(19)20-13-14-7-2-1-3-8-14/h1-3,7-8,15,18H,4-6,9-13H2. The highest BCUT2D eigenvalue weighted by molar-refractivity contribution is 5.76. The van der Waals surface area contributed by atoms with Crippen LogP contribution in [0.3, 0.4) is 0 Å². The van der Waals surface area contributed by atoms with Gasteiger partial charge in [0.25, 0.3) is 0 Å². The van der Waals surface area contributed by atoms with Crippen LogP contribution in [0.5, 0.6) is 0 Å². The maximum absolute atomic E-state index is 12.1. The molecule has 1 aliphatic rings. The predicted octanol–water partition coefficient (Wildman–Crippen LogP) is 1.97. The lowest BCUT2D eigenvalue weighted by molar-refractivity contribution is -0.150. The molecule has 1 saturated heterocycles. The molecular formula is C16H23NO3. The third-order valence-electron chi connectivity index (χ3n) is 3.71. The zero-order valence-electron chi connectivity index (χ0n) is 11.8. The van der Waals surface area contributed by atoms with Crippen molar-refractivity contribution in [1.29, 1.82) is 0 Å². The lowest BCUT2D eigenvalue weighted by Gasteiger charge is -2.22. The Morgan fingerprint density at radius 1 is 1.30 bits per heavy atom. The average molecular weight is 277 g/mol. The van der Waals surface area contributed by atoms with Gasteiger partial charge < -0.3 is 9.84 Å². The first kappa shape index (κ1) is 15.0. The van der Waals surface area contributed by atoms with E-state index in [0.717, 1.165) is 44.3 Å². The van der Waals surface area contributed by atoms with Crippen LogP contribution in [0.2, 0.25) is 0 Å². The largest absolute Gasteiger partial charge is 0.460 e. The van der Waals surface area contributed by atoms with Gasteiger partial charge in [0.2, 0.25) is 0 Å². The number of rotatable bonds is 7. The second-order valence-electron chi connectivity index (χ2n) is 5.22. The minimum atomic E-state index is -0.115. The fourth-order valence-corrected chi connectivity index (χ4v) is 2.61. The van der Waals surface area contributed by atoms with Crippen molar-refractivity contribution in [2.75, 3.05) is 19.7 Å². The highest BCUT2D eigenvalue weighted by atomic mass is 16.5. The first-order valence-corrected chi connectivity index (χ1v) is 7.36. The number of aliphatic hydroxyl groups is 1. The molecule has 1 atom stereocenters. The van der Waals surface area contributed by atoms with Gasteiger partial charge >= 0.3 is 5.97 Å². The van der Waals surface area contributed by atoms with Gasteiger partial charge in [0, 0.05) is 6.61 Å². The Kier molecular flexibility index (Phi) is 6.02. The number of aliphatic hydroxyl groups excluding tert-OH is 1. The van der Waals surface area contributed by atoms with Crippen molar-refractivity contribution in [3.63, 3.8) is 0 Å². The molecule has 0 radical (unpaired) electrons. The van der Waals surface area contributed by atoms with Crippen LogP contribution in [0.25, 0.3) is 0 Å². The van der Waals surface area contributed by atoms with Crippen LogP contribution >= 0.6 is 0 Å². The lowest BCUT2D eigenvalue weighted by Crippen LogP contribution is -2.37. The molecule has 1 unspecified atom stereocenters. The smallest absolute Gasteiger partial charge is 0.323 e. The minimum absolute atomic E-state index is 0.0996. The third kappa shape index (κ3) is 4.32. The number of carbonyl (C=O) groups excluding carboxylic acids is 1. The maximum Gasteiger partial charge on any atom is 0.323 e. The number of hydrogen-bond donors (Lipinski definition) is 1. The van der Waals surface area contributed by atoms with Crippen molar-refractivity contribution in [1.82, 2.24) is 4.90 Å². The van der Waals surface area contributed by atoms with Crippen LogP contribution in [0.4, 0.5) is 0 Å². The maximum atomic E-state index is 12.1. The minimum Gasteiger partial charge on any atom is -0.460 e. The molecule has 0 saturated carbocycles. The highest BCUT2D eigenvalue weighted by Crippen LogP contribution is 2.19. The Hall–Kier alpha value is -1.39. The Bertz CT molecular complexity index is 407. The van der Waals surface area contributed by atoms with E-state index in [0.29, 0.717) is 6.61 Å². The molecule has 0 aromatic heterocycles. The van der Waals surface area contributed by atoms with Crippen molar-refractivity contribution < 1.29 is 14.6 Å². The van der Waals surface area contributed by atoms with Gasteiger partial charge in [0.15, 0.2) is 0 Å². The van der Waals surface area contributed by atoms with Crippen LogP contribution in [0, 0.1) is 0 Å². The molecule has 1 aromatic carbocycles. The van der Waals surface area contributed by atoms with Gasteiger partial charge in [-0.2, -0.15) is 0 Å². The first-order chi connectivity index (χ1) is 9.81. The summed E-state index contributed by atoms with van der Waals surface area (Å²) in [6, 6.07) is 9.66. The molecule has 0 aliphatic carbocycles. The number of nitrogens with zero attached hydrogens (tertiary/aromatic N) is 1. The second kappa shape index (κ2) is 8.02. The van der Waals surface area contributed by atoms with Gasteiger partial charge in [-0.15, -0.1) is 0 Å². The van der Waals surface area contributed by atoms with Crippen molar-refractivity contribution in [2.24, 2.45) is 0 Å². The number of unbranched alkanes of at least 4 members (excludes halogenated alkanes) is 1. The normalized spacial score (nSPS) is 19.1. The zero-order valence-corrected chi connectivity index (χ0v) is 11.8. The summed E-state index contributed by atoms with van der Waals surface area (Å²) in [4.78, 5) is 14.3. The highest BCUT2D eigenvalue weighted by Gasteiger charge is 2.31. The van der Waals surface area contributed by atoms with E-state index in [-0.39, 0.29) is 18.6 Å². The summed E-state index contributed by atoms with van der Waals surface area (Å²) >= 11 is 0. The van der Waals surface area contributed by atoms with Crippen LogP contribution in [0.15, 0.2) is 30.3 Å². The molecule has 1 aliphatic heterocycles. The van der Waals surface area contributed by atoms with Crippen LogP contribution < -0.4 is 0 Å². The topological polar surface area (TPSA) is 49.8 Å². The summed E-state index contributed by atoms with van der Waals surface area (Å²) in [7, 11) is 0. The summed E-state index contributed by atoms with van der Waals surface area (Å²) in [6.07, 6.45) is 3.65. The molecule has 1 aromatic rings. The van der Waals surface area contributed by atoms with Crippen LogP contribution in [0.1, 0.15) is 31.2 Å². The van der Waals surface area contributed by atoms with Gasteiger partial charge in [0.05, 0.1) is 0 Å². The number of ether oxygens (including phenoxy) is 1. The lowest BCUT2D eigenvalue weighted by atomic mass is 10.2. The number of esters is 1. The van der Waals surface area contributed by atoms with E-state index in [2.05, 4.69) is 4.90 Å². The van der Waals surface area contributed by atoms with E-state index >= 15 is 0 Å². The summed E-state index contributed by atoms with van der Waals surface area (Å²) in [5.74, 6) is -0.115. The Labute approximate surface area is 120 Å². The van der Waals surface area contributed by atoms with Crippen molar-refractivity contribution in [3.05, 3.63) is 35.9 Å². The van der Waals surface area contributed by atoms with E-state index in [9.17, 15) is 4.79 Å². The Balaban J connectivity index is 1.78. The Morgan fingerprint density at radius 3 is 2.85 bits per heavy atom. The number of hydrogen-bond acceptors (Lipinski definition) is 4. The van der Waals surface area contributed by atoms with Gasteiger partial charge in [-0.3, -0.25) is 9.69 Å². The van der Waals surface area contributed by atoms with Gasteiger partial charge in [0.1, 0.15) is 12.6 Å². The molecule has 1 fully saturated rings. The number of likely N-dealkylation sites (tertiary alicyclic amines) is 1. The molecule has 0 amide bonds. The van der Waals surface area contributed by atoms with E-state index in [4.69, 9.17) is 9.84 Å². The summed E-state index contributed by atoms with van der Waals surface area (Å²) in [6.45, 7) is 2.39. The fraction of sp³-hybridized carbons (Fsp3) is 0.562. The SMILES string of the molecule is O=C(OCc1ccccc1)C1CCCN1CCCCO. The molecule has 20 heavy (non-hydrogen) atoms. The van der Waals surface area contributed by atoms with Crippen molar-refractivity contribution in [3.8, 4) is 0 Å². The summed E-state index contributed by atoms with van der Waals surface area (Å²) in [5.41, 5.74) is 1.02. The molecule has 4 heteroatoms. The van der Waals surface area contributed by atoms with Crippen LogP contribution in [-0.4, -0.2) is 41.7 Å². The molecule has 2 rings (SSSR count). The van der Waals surface area contributed by atoms with Crippen molar-refractivity contribution >= 4 is 5.97 Å². The average Bonchev–Trinajstić information content (AvgIpc) is 2.95. The van der Waals surface area contributed by atoms with E-state index < -0.39 is 0 Å². The molecule has 4 nitrogen and oxygen atoms in total. The number of carbonyl (C=O) groups is 1. The molecule has 1 heterocycles. The monoisotopic (exact) mass is 277 g/mol. The fourth-order valence-electron chi connectivity index (χ4n) is 2.61. The predicted molar refractivity (Wildman–Crippen MR) is 77.2 cm³/mol. The van der Waals surface area contributed by atoms with Gasteiger partial charge in [-0.05, 0) is 44.3 Å². The van der Waals surface area contributed by atoms with Gasteiger partial charge in [-0.1, -0.05) is 30.3 Å². The van der Waals surface area contributed by atoms with E-state index in [1.807, 2.05) is 30.3 Å². The Morgan fingerprint density at radius 2 is 2.10 bits per heavy atom. The summed E-state index contributed by atoms with van der Waals surface area (Å²) in [5, 5.41) is 8.82. The molecule has 0 bridgehead atoms. The first-order valence-electron chi connectivity index (χ1n) is 7.36. The van der Waals surface area contributed by atoms with Gasteiger partial charge in [-0.25, -0.2) is 0 Å². The number of benzene rings is 1. The molecule has 1 N–H and O–H groups in total. The molecular weight excluding hydrogens is 254 g/mol. The summed E-state index contributed by atoms with van der Waals surface area (Å²) < 4.78 is 5.42. The van der Waals surface area contributed by atoms with Crippen LogP contribution in [-0.2, 0) is 16.1 Å². The van der Waals surface area contributed by atoms with E-state index in [1.54, 1.807) is 0 Å². The van der Waals surface area contributed by atoms with E-state index in [1.165, 1.54) is 0 Å².